The largest absolute Gasteiger partial charge is 0.0613 e. The van der Waals surface area contributed by atoms with E-state index in [1.165, 1.54) is 20.3 Å². The summed E-state index contributed by atoms with van der Waals surface area (Å²) in [5.74, 6) is 0. The minimum Gasteiger partial charge on any atom is -0.0613 e. The molecule has 0 radical (unpaired) electrons. The molecule has 0 fully saturated rings. The predicted octanol–water partition coefficient (Wildman–Crippen LogP) is 4.52. The Balaban J connectivity index is 2.37. The maximum atomic E-state index is 2.35. The standard InChI is InChI=1S/C14H13I/c1-2-11-6-8-12(9-7-11)13-4-3-5-14(15)10-13/h3-10H,2H2,1H3. The van der Waals surface area contributed by atoms with Crippen LogP contribution in [0, 0.1) is 3.57 Å². The lowest BCUT2D eigenvalue weighted by Gasteiger charge is -2.03. The first-order valence-corrected chi connectivity index (χ1v) is 6.22. The van der Waals surface area contributed by atoms with Crippen LogP contribution >= 0.6 is 22.6 Å². The molecule has 0 atom stereocenters. The van der Waals surface area contributed by atoms with Crippen LogP contribution in [0.3, 0.4) is 0 Å². The fourth-order valence-corrected chi connectivity index (χ4v) is 2.14. The Kier molecular flexibility index (Phi) is 3.41. The van der Waals surface area contributed by atoms with E-state index in [9.17, 15) is 0 Å². The third kappa shape index (κ3) is 2.59. The van der Waals surface area contributed by atoms with Crippen molar-refractivity contribution in [1.29, 1.82) is 0 Å². The summed E-state index contributed by atoms with van der Waals surface area (Å²) in [6.07, 6.45) is 1.10. The fraction of sp³-hybridized carbons (Fsp3) is 0.143. The SMILES string of the molecule is CCc1ccc(-c2cccc(I)c2)cc1. The van der Waals surface area contributed by atoms with Crippen LogP contribution in [0.1, 0.15) is 12.5 Å². The van der Waals surface area contributed by atoms with Crippen molar-refractivity contribution in [2.24, 2.45) is 0 Å². The molecule has 0 spiro atoms. The van der Waals surface area contributed by atoms with E-state index < -0.39 is 0 Å². The first kappa shape index (κ1) is 10.7. The second kappa shape index (κ2) is 4.79. The van der Waals surface area contributed by atoms with Gasteiger partial charge in [-0.25, -0.2) is 0 Å². The molecule has 0 aliphatic heterocycles. The van der Waals surface area contributed by atoms with Crippen LogP contribution in [0.4, 0.5) is 0 Å². The monoisotopic (exact) mass is 308 g/mol. The van der Waals surface area contributed by atoms with Crippen molar-refractivity contribution < 1.29 is 0 Å². The van der Waals surface area contributed by atoms with Gasteiger partial charge in [0.25, 0.3) is 0 Å². The van der Waals surface area contributed by atoms with Gasteiger partial charge in [-0.2, -0.15) is 0 Å². The molecule has 2 aromatic carbocycles. The highest BCUT2D eigenvalue weighted by atomic mass is 127. The summed E-state index contributed by atoms with van der Waals surface area (Å²) in [6.45, 7) is 2.18. The zero-order valence-electron chi connectivity index (χ0n) is 8.70. The average molecular weight is 308 g/mol. The summed E-state index contributed by atoms with van der Waals surface area (Å²) >= 11 is 2.35. The Morgan fingerprint density at radius 2 is 1.67 bits per heavy atom. The third-order valence-electron chi connectivity index (χ3n) is 2.52. The predicted molar refractivity (Wildman–Crippen MR) is 74.0 cm³/mol. The van der Waals surface area contributed by atoms with Gasteiger partial charge in [0.2, 0.25) is 0 Å². The minimum absolute atomic E-state index is 1.10. The zero-order valence-corrected chi connectivity index (χ0v) is 10.9. The molecule has 0 heterocycles. The highest BCUT2D eigenvalue weighted by molar-refractivity contribution is 14.1. The molecule has 0 N–H and O–H groups in total. The second-order valence-electron chi connectivity index (χ2n) is 3.56. The van der Waals surface area contributed by atoms with Gasteiger partial charge >= 0.3 is 0 Å². The van der Waals surface area contributed by atoms with Crippen molar-refractivity contribution in [2.45, 2.75) is 13.3 Å². The number of rotatable bonds is 2. The van der Waals surface area contributed by atoms with Gasteiger partial charge in [-0.05, 0) is 57.8 Å². The average Bonchev–Trinajstić information content (AvgIpc) is 2.29. The molecule has 0 unspecified atom stereocenters. The van der Waals surface area contributed by atoms with Gasteiger partial charge in [0, 0.05) is 3.57 Å². The van der Waals surface area contributed by atoms with Gasteiger partial charge in [0.15, 0.2) is 0 Å². The zero-order chi connectivity index (χ0) is 10.7. The van der Waals surface area contributed by atoms with E-state index in [0.717, 1.165) is 6.42 Å². The molecule has 2 aromatic rings. The van der Waals surface area contributed by atoms with Gasteiger partial charge in [-0.1, -0.05) is 43.3 Å². The summed E-state index contributed by atoms with van der Waals surface area (Å²) in [6, 6.07) is 17.4. The number of hydrogen-bond acceptors (Lipinski definition) is 0. The van der Waals surface area contributed by atoms with Crippen LogP contribution in [0.2, 0.25) is 0 Å². The van der Waals surface area contributed by atoms with E-state index in [2.05, 4.69) is 78.0 Å². The van der Waals surface area contributed by atoms with E-state index in [1.807, 2.05) is 0 Å². The molecule has 0 aliphatic carbocycles. The molecular weight excluding hydrogens is 295 g/mol. The lowest BCUT2D eigenvalue weighted by molar-refractivity contribution is 1.14. The second-order valence-corrected chi connectivity index (χ2v) is 4.81. The van der Waals surface area contributed by atoms with Crippen molar-refractivity contribution in [3.8, 4) is 11.1 Å². The molecule has 76 valence electrons. The molecule has 0 aliphatic rings. The first-order chi connectivity index (χ1) is 7.29. The van der Waals surface area contributed by atoms with Gasteiger partial charge in [-0.3, -0.25) is 0 Å². The Morgan fingerprint density at radius 1 is 0.933 bits per heavy atom. The topological polar surface area (TPSA) is 0 Å². The van der Waals surface area contributed by atoms with Crippen molar-refractivity contribution in [2.75, 3.05) is 0 Å². The van der Waals surface area contributed by atoms with Gasteiger partial charge in [0.05, 0.1) is 0 Å². The number of hydrogen-bond donors (Lipinski definition) is 0. The molecule has 2 rings (SSSR count). The van der Waals surface area contributed by atoms with Crippen LogP contribution in [-0.4, -0.2) is 0 Å². The summed E-state index contributed by atoms with van der Waals surface area (Å²) in [4.78, 5) is 0. The van der Waals surface area contributed by atoms with Crippen LogP contribution in [0.15, 0.2) is 48.5 Å². The van der Waals surface area contributed by atoms with Gasteiger partial charge < -0.3 is 0 Å². The summed E-state index contributed by atoms with van der Waals surface area (Å²) in [5.41, 5.74) is 3.99. The normalized spacial score (nSPS) is 10.3. The molecule has 0 amide bonds. The maximum absolute atomic E-state index is 2.35. The van der Waals surface area contributed by atoms with Crippen molar-refractivity contribution in [3.63, 3.8) is 0 Å². The summed E-state index contributed by atoms with van der Waals surface area (Å²) < 4.78 is 1.28. The number of benzene rings is 2. The molecule has 1 heteroatoms. The minimum atomic E-state index is 1.10. The van der Waals surface area contributed by atoms with Crippen molar-refractivity contribution in [3.05, 3.63) is 57.7 Å². The van der Waals surface area contributed by atoms with Gasteiger partial charge in [0.1, 0.15) is 0 Å². The first-order valence-electron chi connectivity index (χ1n) is 5.14. The van der Waals surface area contributed by atoms with Crippen LogP contribution in [0.25, 0.3) is 11.1 Å². The van der Waals surface area contributed by atoms with Crippen LogP contribution in [-0.2, 0) is 6.42 Å². The Hall–Kier alpha value is -0.830. The Bertz CT molecular complexity index is 443. The van der Waals surface area contributed by atoms with Crippen molar-refractivity contribution in [1.82, 2.24) is 0 Å². The van der Waals surface area contributed by atoms with E-state index in [1.54, 1.807) is 0 Å². The van der Waals surface area contributed by atoms with E-state index in [0.29, 0.717) is 0 Å². The summed E-state index contributed by atoms with van der Waals surface area (Å²) in [7, 11) is 0. The highest BCUT2D eigenvalue weighted by Crippen LogP contribution is 2.21. The smallest absolute Gasteiger partial charge is 0.0136 e. The molecule has 0 nitrogen and oxygen atoms in total. The molecule has 0 bridgehead atoms. The van der Waals surface area contributed by atoms with Crippen molar-refractivity contribution >= 4 is 22.6 Å². The highest BCUT2D eigenvalue weighted by Gasteiger charge is 1.97. The van der Waals surface area contributed by atoms with Gasteiger partial charge in [-0.15, -0.1) is 0 Å². The van der Waals surface area contributed by atoms with Crippen LogP contribution in [0.5, 0.6) is 0 Å². The van der Waals surface area contributed by atoms with E-state index >= 15 is 0 Å². The number of halogens is 1. The molecule has 15 heavy (non-hydrogen) atoms. The van der Waals surface area contributed by atoms with E-state index in [-0.39, 0.29) is 0 Å². The molecule has 0 saturated heterocycles. The summed E-state index contributed by atoms with van der Waals surface area (Å²) in [5, 5.41) is 0. The molecule has 0 saturated carbocycles. The number of aryl methyl sites for hydroxylation is 1. The van der Waals surface area contributed by atoms with E-state index in [4.69, 9.17) is 0 Å². The Labute approximate surface area is 104 Å². The molecule has 0 aromatic heterocycles. The maximum Gasteiger partial charge on any atom is 0.0136 e. The lowest BCUT2D eigenvalue weighted by Crippen LogP contribution is -1.82. The fourth-order valence-electron chi connectivity index (χ4n) is 1.60. The third-order valence-corrected chi connectivity index (χ3v) is 3.19. The lowest BCUT2D eigenvalue weighted by atomic mass is 10.0. The Morgan fingerprint density at radius 3 is 2.27 bits per heavy atom. The quantitative estimate of drug-likeness (QED) is 0.716. The van der Waals surface area contributed by atoms with Crippen LogP contribution < -0.4 is 0 Å². The molecular formula is C14H13I.